The highest BCUT2D eigenvalue weighted by atomic mass is 14.7. The van der Waals surface area contributed by atoms with Gasteiger partial charge in [0.05, 0.1) is 11.4 Å². The Morgan fingerprint density at radius 1 is 0.393 bits per heavy atom. The molecule has 2 aromatic carbocycles. The van der Waals surface area contributed by atoms with Crippen LogP contribution in [-0.4, -0.2) is 9.97 Å². The number of hydrogen-bond acceptors (Lipinski definition) is 2. The van der Waals surface area contributed by atoms with E-state index in [2.05, 4.69) is 58.5 Å². The Balaban J connectivity index is 0.000000660. The van der Waals surface area contributed by atoms with Crippen molar-refractivity contribution in [2.45, 2.75) is 27.7 Å². The van der Waals surface area contributed by atoms with E-state index >= 15 is 0 Å². The average molecular weight is 369 g/mol. The van der Waals surface area contributed by atoms with Crippen molar-refractivity contribution in [3.63, 3.8) is 0 Å². The van der Waals surface area contributed by atoms with Gasteiger partial charge in [0, 0.05) is 34.6 Å². The van der Waals surface area contributed by atoms with Gasteiger partial charge >= 0.3 is 0 Å². The topological polar surface area (TPSA) is 25.8 Å². The van der Waals surface area contributed by atoms with E-state index in [1.807, 2.05) is 76.5 Å². The molecule has 0 amide bonds. The molecule has 0 radical (unpaired) electrons. The first kappa shape index (κ1) is 21.0. The molecule has 0 saturated carbocycles. The van der Waals surface area contributed by atoms with Crippen LogP contribution in [0.15, 0.2) is 97.3 Å². The molecule has 0 bridgehead atoms. The third kappa shape index (κ3) is 5.37. The zero-order valence-electron chi connectivity index (χ0n) is 17.1. The molecular weight excluding hydrogens is 340 g/mol. The molecule has 0 aliphatic rings. The molecule has 0 fully saturated rings. The van der Waals surface area contributed by atoms with Crippen molar-refractivity contribution in [1.82, 2.24) is 9.97 Å². The van der Waals surface area contributed by atoms with Gasteiger partial charge in [0.2, 0.25) is 0 Å². The molecule has 0 saturated heterocycles. The molecule has 28 heavy (non-hydrogen) atoms. The molecule has 0 spiro atoms. The average Bonchev–Trinajstić information content (AvgIpc) is 2.83. The summed E-state index contributed by atoms with van der Waals surface area (Å²) >= 11 is 0. The number of rotatable bonds is 3. The van der Waals surface area contributed by atoms with Gasteiger partial charge in [-0.25, -0.2) is 0 Å². The van der Waals surface area contributed by atoms with Gasteiger partial charge in [-0.05, 0) is 12.1 Å². The highest BCUT2D eigenvalue weighted by Crippen LogP contribution is 2.24. The molecule has 2 heterocycles. The van der Waals surface area contributed by atoms with Crippen LogP contribution in [0.1, 0.15) is 27.7 Å². The van der Waals surface area contributed by atoms with Crippen LogP contribution in [0.5, 0.6) is 0 Å². The van der Waals surface area contributed by atoms with Crippen LogP contribution in [0.4, 0.5) is 0 Å². The van der Waals surface area contributed by atoms with E-state index in [0.29, 0.717) is 0 Å². The summed E-state index contributed by atoms with van der Waals surface area (Å²) in [5.41, 5.74) is 6.35. The SMILES string of the molecule is CC.CC.c1ccc(-c2ccc(-c3ccc(-c4ccccc4)nc3)cn2)cc1. The van der Waals surface area contributed by atoms with Gasteiger partial charge in [-0.2, -0.15) is 0 Å². The third-order valence-electron chi connectivity index (χ3n) is 4.00. The van der Waals surface area contributed by atoms with Crippen LogP contribution in [-0.2, 0) is 0 Å². The maximum atomic E-state index is 4.58. The van der Waals surface area contributed by atoms with Crippen molar-refractivity contribution in [3.8, 4) is 33.6 Å². The zero-order chi connectivity index (χ0) is 20.2. The normalized spacial score (nSPS) is 9.43. The van der Waals surface area contributed by atoms with Gasteiger partial charge in [-0.15, -0.1) is 0 Å². The van der Waals surface area contributed by atoms with Crippen molar-refractivity contribution in [3.05, 3.63) is 97.3 Å². The molecule has 4 rings (SSSR count). The Morgan fingerprint density at radius 2 is 0.750 bits per heavy atom. The Morgan fingerprint density at radius 3 is 1.04 bits per heavy atom. The van der Waals surface area contributed by atoms with Crippen molar-refractivity contribution in [2.24, 2.45) is 0 Å². The van der Waals surface area contributed by atoms with Crippen LogP contribution >= 0.6 is 0 Å². The van der Waals surface area contributed by atoms with E-state index < -0.39 is 0 Å². The number of nitrogens with zero attached hydrogens (tertiary/aromatic N) is 2. The summed E-state index contributed by atoms with van der Waals surface area (Å²) in [6.07, 6.45) is 3.81. The summed E-state index contributed by atoms with van der Waals surface area (Å²) in [6.45, 7) is 8.00. The molecule has 0 unspecified atom stereocenters. The molecule has 0 atom stereocenters. The maximum absolute atomic E-state index is 4.58. The first-order chi connectivity index (χ1) is 13.9. The second kappa shape index (κ2) is 11.5. The summed E-state index contributed by atoms with van der Waals surface area (Å²) in [6, 6.07) is 28.7. The standard InChI is InChI=1S/C22H16N2.2C2H6/c1-3-7-17(8-4-1)21-13-11-19(15-23-21)20-12-14-22(24-16-20)18-9-5-2-6-10-18;2*1-2/h1-16H;2*1-2H3. The molecular formula is C26H28N2. The molecule has 142 valence electrons. The molecule has 0 aliphatic carbocycles. The second-order valence-corrected chi connectivity index (χ2v) is 5.60. The number of hydrogen-bond donors (Lipinski definition) is 0. The largest absolute Gasteiger partial charge is 0.256 e. The fraction of sp³-hybridized carbons (Fsp3) is 0.154. The minimum Gasteiger partial charge on any atom is -0.256 e. The predicted molar refractivity (Wildman–Crippen MR) is 121 cm³/mol. The van der Waals surface area contributed by atoms with Gasteiger partial charge in [0.25, 0.3) is 0 Å². The molecule has 0 N–H and O–H groups in total. The van der Waals surface area contributed by atoms with E-state index in [4.69, 9.17) is 0 Å². The summed E-state index contributed by atoms with van der Waals surface area (Å²) in [5, 5.41) is 0. The first-order valence-electron chi connectivity index (χ1n) is 9.93. The Kier molecular flexibility index (Phi) is 8.61. The number of aromatic nitrogens is 2. The van der Waals surface area contributed by atoms with Crippen LogP contribution < -0.4 is 0 Å². The van der Waals surface area contributed by atoms with Gasteiger partial charge in [0.1, 0.15) is 0 Å². The van der Waals surface area contributed by atoms with Crippen LogP contribution in [0.3, 0.4) is 0 Å². The number of benzene rings is 2. The quantitative estimate of drug-likeness (QED) is 0.373. The summed E-state index contributed by atoms with van der Waals surface area (Å²) in [5.74, 6) is 0. The zero-order valence-corrected chi connectivity index (χ0v) is 17.1. The molecule has 0 aliphatic heterocycles. The smallest absolute Gasteiger partial charge is 0.0702 e. The van der Waals surface area contributed by atoms with E-state index in [-0.39, 0.29) is 0 Å². The summed E-state index contributed by atoms with van der Waals surface area (Å²) < 4.78 is 0. The van der Waals surface area contributed by atoms with Crippen LogP contribution in [0.25, 0.3) is 33.6 Å². The van der Waals surface area contributed by atoms with E-state index in [1.165, 1.54) is 0 Å². The predicted octanol–water partition coefficient (Wildman–Crippen LogP) is 7.53. The lowest BCUT2D eigenvalue weighted by Crippen LogP contribution is -1.87. The maximum Gasteiger partial charge on any atom is 0.0702 e. The lowest BCUT2D eigenvalue weighted by atomic mass is 10.1. The summed E-state index contributed by atoms with van der Waals surface area (Å²) in [4.78, 5) is 9.16. The minimum atomic E-state index is 0.980. The fourth-order valence-corrected chi connectivity index (χ4v) is 2.69. The van der Waals surface area contributed by atoms with E-state index in [9.17, 15) is 0 Å². The highest BCUT2D eigenvalue weighted by Gasteiger charge is 2.03. The van der Waals surface area contributed by atoms with Crippen molar-refractivity contribution >= 4 is 0 Å². The molecule has 2 nitrogen and oxygen atoms in total. The van der Waals surface area contributed by atoms with Crippen LogP contribution in [0.2, 0.25) is 0 Å². The Bertz CT molecular complexity index is 832. The molecule has 4 aromatic rings. The number of pyridine rings is 2. The van der Waals surface area contributed by atoms with Crippen molar-refractivity contribution in [2.75, 3.05) is 0 Å². The first-order valence-corrected chi connectivity index (χ1v) is 9.93. The van der Waals surface area contributed by atoms with Crippen LogP contribution in [0, 0.1) is 0 Å². The van der Waals surface area contributed by atoms with E-state index in [1.54, 1.807) is 0 Å². The van der Waals surface area contributed by atoms with E-state index in [0.717, 1.165) is 33.6 Å². The van der Waals surface area contributed by atoms with Crippen molar-refractivity contribution < 1.29 is 0 Å². The second-order valence-electron chi connectivity index (χ2n) is 5.60. The van der Waals surface area contributed by atoms with Gasteiger partial charge in [0.15, 0.2) is 0 Å². The molecule has 2 heteroatoms. The van der Waals surface area contributed by atoms with Gasteiger partial charge in [-0.1, -0.05) is 100 Å². The minimum absolute atomic E-state index is 0.980. The van der Waals surface area contributed by atoms with Gasteiger partial charge < -0.3 is 0 Å². The summed E-state index contributed by atoms with van der Waals surface area (Å²) in [7, 11) is 0. The molecule has 2 aromatic heterocycles. The monoisotopic (exact) mass is 368 g/mol. The third-order valence-corrected chi connectivity index (χ3v) is 4.00. The lowest BCUT2D eigenvalue weighted by molar-refractivity contribution is 1.30. The Hall–Kier alpha value is -3.26. The lowest BCUT2D eigenvalue weighted by Gasteiger charge is -2.05. The Labute approximate surface area is 169 Å². The fourth-order valence-electron chi connectivity index (χ4n) is 2.69. The van der Waals surface area contributed by atoms with Gasteiger partial charge in [-0.3, -0.25) is 9.97 Å². The highest BCUT2D eigenvalue weighted by molar-refractivity contribution is 5.68. The van der Waals surface area contributed by atoms with Crippen molar-refractivity contribution in [1.29, 1.82) is 0 Å².